The van der Waals surface area contributed by atoms with Crippen molar-refractivity contribution in [2.24, 2.45) is 5.92 Å². The van der Waals surface area contributed by atoms with E-state index in [2.05, 4.69) is 26.6 Å². The third kappa shape index (κ3) is 9.24. The first-order valence-corrected chi connectivity index (χ1v) is 18.5. The van der Waals surface area contributed by atoms with Crippen molar-refractivity contribution in [1.29, 1.82) is 0 Å². The van der Waals surface area contributed by atoms with Gasteiger partial charge in [-0.1, -0.05) is 82.6 Å². The molecule has 0 bridgehead atoms. The summed E-state index contributed by atoms with van der Waals surface area (Å²) in [6.07, 6.45) is 7.97. The first-order chi connectivity index (χ1) is 19.6. The van der Waals surface area contributed by atoms with Gasteiger partial charge in [-0.05, 0) is 67.3 Å². The average molecular weight is 587 g/mol. The molecule has 1 saturated carbocycles. The Morgan fingerprint density at radius 1 is 1.05 bits per heavy atom. The Morgan fingerprint density at radius 2 is 1.73 bits per heavy atom. The van der Waals surface area contributed by atoms with Crippen LogP contribution < -0.4 is 4.74 Å². The number of ether oxygens (including phenoxy) is 2. The number of hydrogen-bond acceptors (Lipinski definition) is 4. The molecular formula is C34H48F2O4Si. The summed E-state index contributed by atoms with van der Waals surface area (Å²) in [5.41, 5.74) is 2.49. The Morgan fingerprint density at radius 3 is 2.34 bits per heavy atom. The molecule has 0 radical (unpaired) electrons. The molecule has 0 aliphatic heterocycles. The van der Waals surface area contributed by atoms with E-state index in [-0.39, 0.29) is 30.6 Å². The molecule has 3 rings (SSSR count). The maximum absolute atomic E-state index is 15.3. The van der Waals surface area contributed by atoms with Crippen LogP contribution in [0.2, 0.25) is 24.7 Å². The van der Waals surface area contributed by atoms with Crippen molar-refractivity contribution >= 4 is 14.0 Å². The first kappa shape index (κ1) is 33.0. The standard InChI is InChI=1S/C34H48F2O4Si/c1-6-7-21-41(4,5)29-16-12-27(13-17-29)31-19-18-30(32(35)33(31)36)26-10-14-28(15-11-26)39-20-8-9-25(22-37)23-40-34(38)24(2)3/h10-11,14-15,18-19,25,27,29,37H,2,6-9,12-13,16-17,20-23H2,1,3-5H3. The Bertz CT molecular complexity index is 1140. The summed E-state index contributed by atoms with van der Waals surface area (Å²) >= 11 is 0. The molecule has 0 saturated heterocycles. The number of unbranched alkanes of at least 4 members (excludes halogenated alkanes) is 1. The molecule has 1 N–H and O–H groups in total. The fraction of sp³-hybridized carbons (Fsp3) is 0.559. The number of carbonyl (C=O) groups is 1. The molecule has 2 aromatic carbocycles. The Kier molecular flexibility index (Phi) is 12.6. The lowest BCUT2D eigenvalue weighted by Crippen LogP contribution is -2.34. The van der Waals surface area contributed by atoms with Crippen LogP contribution in [-0.2, 0) is 9.53 Å². The largest absolute Gasteiger partial charge is 0.494 e. The first-order valence-electron chi connectivity index (χ1n) is 15.2. The summed E-state index contributed by atoms with van der Waals surface area (Å²) in [5, 5.41) is 9.52. The van der Waals surface area contributed by atoms with Gasteiger partial charge >= 0.3 is 5.97 Å². The van der Waals surface area contributed by atoms with Crippen LogP contribution in [0.1, 0.15) is 76.7 Å². The van der Waals surface area contributed by atoms with E-state index in [4.69, 9.17) is 9.47 Å². The van der Waals surface area contributed by atoms with Gasteiger partial charge in [0.2, 0.25) is 0 Å². The van der Waals surface area contributed by atoms with Gasteiger partial charge < -0.3 is 14.6 Å². The molecule has 1 aliphatic carbocycles. The minimum absolute atomic E-state index is 0.0842. The second kappa shape index (κ2) is 15.6. The molecule has 0 aromatic heterocycles. The Labute approximate surface area is 246 Å². The van der Waals surface area contributed by atoms with E-state index in [0.29, 0.717) is 41.9 Å². The summed E-state index contributed by atoms with van der Waals surface area (Å²) < 4.78 is 41.5. The fourth-order valence-corrected chi connectivity index (χ4v) is 9.53. The highest BCUT2D eigenvalue weighted by molar-refractivity contribution is 6.78. The van der Waals surface area contributed by atoms with Crippen molar-refractivity contribution in [3.05, 3.63) is 65.7 Å². The van der Waals surface area contributed by atoms with Gasteiger partial charge in [-0.2, -0.15) is 0 Å². The predicted molar refractivity (Wildman–Crippen MR) is 165 cm³/mol. The molecule has 7 heteroatoms. The van der Waals surface area contributed by atoms with Crippen molar-refractivity contribution in [2.45, 2.75) is 95.8 Å². The Balaban J connectivity index is 1.52. The van der Waals surface area contributed by atoms with Crippen molar-refractivity contribution in [3.63, 3.8) is 0 Å². The summed E-state index contributed by atoms with van der Waals surface area (Å²) in [6, 6.07) is 11.9. The summed E-state index contributed by atoms with van der Waals surface area (Å²) in [4.78, 5) is 11.5. The molecule has 0 spiro atoms. The number of carbonyl (C=O) groups excluding carboxylic acids is 1. The van der Waals surface area contributed by atoms with Gasteiger partial charge in [0.25, 0.3) is 0 Å². The highest BCUT2D eigenvalue weighted by atomic mass is 28.3. The number of halogens is 2. The third-order valence-corrected chi connectivity index (χ3v) is 13.2. The fourth-order valence-electron chi connectivity index (χ4n) is 5.96. The molecule has 226 valence electrons. The molecule has 1 unspecified atom stereocenters. The predicted octanol–water partition coefficient (Wildman–Crippen LogP) is 9.05. The molecule has 0 heterocycles. The molecule has 1 atom stereocenters. The maximum Gasteiger partial charge on any atom is 0.333 e. The van der Waals surface area contributed by atoms with Crippen molar-refractivity contribution < 1.29 is 28.2 Å². The Hall–Kier alpha value is -2.51. The quantitative estimate of drug-likeness (QED) is 0.0979. The summed E-state index contributed by atoms with van der Waals surface area (Å²) in [6.45, 7) is 12.8. The van der Waals surface area contributed by atoms with E-state index in [0.717, 1.165) is 31.2 Å². The molecule has 1 aliphatic rings. The van der Waals surface area contributed by atoms with Crippen LogP contribution in [0.3, 0.4) is 0 Å². The number of aliphatic hydroxyl groups is 1. The van der Waals surface area contributed by atoms with Crippen molar-refractivity contribution in [2.75, 3.05) is 19.8 Å². The van der Waals surface area contributed by atoms with Gasteiger partial charge in [0, 0.05) is 23.7 Å². The van der Waals surface area contributed by atoms with Crippen LogP contribution in [0.15, 0.2) is 48.6 Å². The minimum atomic E-state index is -1.27. The lowest BCUT2D eigenvalue weighted by atomic mass is 9.83. The number of benzene rings is 2. The van der Waals surface area contributed by atoms with Crippen LogP contribution in [0.4, 0.5) is 8.78 Å². The van der Waals surface area contributed by atoms with Crippen molar-refractivity contribution in [1.82, 2.24) is 0 Å². The van der Waals surface area contributed by atoms with Gasteiger partial charge in [-0.15, -0.1) is 0 Å². The van der Waals surface area contributed by atoms with Crippen LogP contribution in [-0.4, -0.2) is 39.0 Å². The number of esters is 1. The molecular weight excluding hydrogens is 538 g/mol. The van der Waals surface area contributed by atoms with Crippen LogP contribution in [0.5, 0.6) is 5.75 Å². The van der Waals surface area contributed by atoms with Gasteiger partial charge in [-0.25, -0.2) is 13.6 Å². The van der Waals surface area contributed by atoms with Crippen molar-refractivity contribution in [3.8, 4) is 16.9 Å². The van der Waals surface area contributed by atoms with Gasteiger partial charge in [0.05, 0.1) is 21.3 Å². The zero-order valence-electron chi connectivity index (χ0n) is 25.3. The number of hydrogen-bond donors (Lipinski definition) is 1. The van der Waals surface area contributed by atoms with Crippen LogP contribution in [0.25, 0.3) is 11.1 Å². The van der Waals surface area contributed by atoms with E-state index < -0.39 is 25.7 Å². The van der Waals surface area contributed by atoms with Gasteiger partial charge in [0.15, 0.2) is 11.6 Å². The van der Waals surface area contributed by atoms with E-state index in [1.54, 1.807) is 43.3 Å². The monoisotopic (exact) mass is 586 g/mol. The van der Waals surface area contributed by atoms with Gasteiger partial charge in [-0.3, -0.25) is 0 Å². The molecule has 41 heavy (non-hydrogen) atoms. The van der Waals surface area contributed by atoms with Gasteiger partial charge in [0.1, 0.15) is 5.75 Å². The van der Waals surface area contributed by atoms with Crippen LogP contribution >= 0.6 is 0 Å². The topological polar surface area (TPSA) is 55.8 Å². The smallest absolute Gasteiger partial charge is 0.333 e. The second-order valence-corrected chi connectivity index (χ2v) is 17.7. The van der Waals surface area contributed by atoms with E-state index in [9.17, 15) is 9.90 Å². The third-order valence-electron chi connectivity index (χ3n) is 8.81. The highest BCUT2D eigenvalue weighted by Crippen LogP contribution is 2.46. The summed E-state index contributed by atoms with van der Waals surface area (Å²) in [5.74, 6) is -1.40. The number of aliphatic hydroxyl groups excluding tert-OH is 1. The second-order valence-electron chi connectivity index (χ2n) is 12.4. The SMILES string of the molecule is C=C(C)C(=O)OCC(CO)CCCOc1ccc(-c2ccc(C3CCC([Si](C)(C)CCCC)CC3)c(F)c2F)cc1. The normalized spacial score (nSPS) is 18.1. The lowest BCUT2D eigenvalue weighted by Gasteiger charge is -2.38. The van der Waals surface area contributed by atoms with E-state index in [1.165, 1.54) is 18.9 Å². The molecule has 4 nitrogen and oxygen atoms in total. The molecule has 2 aromatic rings. The molecule has 0 amide bonds. The zero-order chi connectivity index (χ0) is 30.0. The highest BCUT2D eigenvalue weighted by Gasteiger charge is 2.35. The maximum atomic E-state index is 15.3. The average Bonchev–Trinajstić information content (AvgIpc) is 2.97. The summed E-state index contributed by atoms with van der Waals surface area (Å²) in [7, 11) is -1.27. The lowest BCUT2D eigenvalue weighted by molar-refractivity contribution is -0.140. The van der Waals surface area contributed by atoms with E-state index >= 15 is 8.78 Å². The van der Waals surface area contributed by atoms with E-state index in [1.807, 2.05) is 0 Å². The molecule has 1 fully saturated rings. The number of rotatable bonds is 15. The minimum Gasteiger partial charge on any atom is -0.494 e. The zero-order valence-corrected chi connectivity index (χ0v) is 26.3. The van der Waals surface area contributed by atoms with Crippen LogP contribution in [0, 0.1) is 17.6 Å².